The maximum absolute atomic E-state index is 14.9. The molecule has 3 amide bonds. The number of cyclic esters (lactones) is 1. The molecule has 5 fully saturated rings. The molecule has 2 aromatic heterocycles. The summed E-state index contributed by atoms with van der Waals surface area (Å²) in [7, 11) is 4.69. The summed E-state index contributed by atoms with van der Waals surface area (Å²) in [5.41, 5.74) is 2.93. The number of nitrogens with zero attached hydrogens (tertiary/aromatic N) is 9. The minimum Gasteiger partial charge on any atom is -0.460 e. The number of aliphatic hydroxyl groups is 3. The van der Waals surface area contributed by atoms with E-state index < -0.39 is 108 Å². The molecule has 0 unspecified atom stereocenters. The molecule has 26 heteroatoms. The van der Waals surface area contributed by atoms with Crippen LogP contribution in [0.25, 0.3) is 0 Å². The summed E-state index contributed by atoms with van der Waals surface area (Å²) >= 11 is 0. The molecule has 1 aliphatic carbocycles. The standard InChI is InChI=1S/C75H114N10O16/c1-48-17-13-12-14-18-50(3)61(95-9)41-58-22-20-55(8)75(94,101-58)69(90)70(91)85-25-16-15-19-59(85)71(92)99-63(42-62(96-10)51(4)38-54(7)67(88)68(89)66(87)53(6)37-48)52(5)39-56-21-23-60(64(40-56)97-11)100-74(93)80-47-57-45-78-73(79-46-57)84-32-30-82(31-33-84)65(86)24-35-98-36-34-81-26-28-83(29-27-81)72-76-43-49(2)44-77-72/h12-14,17-18,38,43-46,48,51-53,55-56,58-64,67-68,88-89,94H,15-16,19-37,39-42,47H2,1-11H3,(H,80,93)/b14-12?,17-13+,50-18?,54-38+/t48-,51-,52-,53-,55-,56+,58+,59+,60-,61+,62-,63+,64-,67-,68+,75-/m1/s1. The molecule has 7 heterocycles. The Balaban J connectivity index is 0.853. The zero-order valence-electron chi connectivity index (χ0n) is 61.5. The molecule has 2 aromatic rings. The van der Waals surface area contributed by atoms with Crippen molar-refractivity contribution >= 4 is 47.3 Å². The summed E-state index contributed by atoms with van der Waals surface area (Å²) in [6.45, 7) is 22.5. The van der Waals surface area contributed by atoms with E-state index in [1.807, 2.05) is 87.2 Å². The Hall–Kier alpha value is -6.62. The van der Waals surface area contributed by atoms with E-state index in [2.05, 4.69) is 35.1 Å². The number of piperidine rings is 1. The van der Waals surface area contributed by atoms with E-state index in [0.29, 0.717) is 127 Å². The Bertz CT molecular complexity index is 3140. The number of piperazine rings is 2. The number of nitrogens with one attached hydrogen (secondary N) is 1. The Labute approximate surface area is 597 Å². The number of ketones is 2. The first-order valence-corrected chi connectivity index (χ1v) is 36.7. The summed E-state index contributed by atoms with van der Waals surface area (Å²) in [6.07, 6.45) is 16.5. The second-order valence-electron chi connectivity index (χ2n) is 29.0. The molecular formula is C75H114N10O16. The van der Waals surface area contributed by atoms with Crippen LogP contribution < -0.4 is 15.1 Å². The number of hydrogen-bond acceptors (Lipinski definition) is 23. The van der Waals surface area contributed by atoms with Crippen molar-refractivity contribution in [3.63, 3.8) is 0 Å². The first kappa shape index (κ1) is 80.1. The van der Waals surface area contributed by atoms with E-state index in [0.717, 1.165) is 49.8 Å². The van der Waals surface area contributed by atoms with Crippen LogP contribution in [0, 0.1) is 42.4 Å². The molecule has 16 atom stereocenters. The van der Waals surface area contributed by atoms with Gasteiger partial charge in [0.25, 0.3) is 11.7 Å². The number of aryl methyl sites for hydroxylation is 1. The van der Waals surface area contributed by atoms with Crippen molar-refractivity contribution in [3.8, 4) is 0 Å². The third kappa shape index (κ3) is 22.4. The van der Waals surface area contributed by atoms with Gasteiger partial charge in [0.2, 0.25) is 23.6 Å². The lowest BCUT2D eigenvalue weighted by Gasteiger charge is -2.43. The second-order valence-corrected chi connectivity index (χ2v) is 29.0. The van der Waals surface area contributed by atoms with Gasteiger partial charge in [-0.3, -0.25) is 24.1 Å². The van der Waals surface area contributed by atoms with E-state index in [1.54, 1.807) is 53.5 Å². The van der Waals surface area contributed by atoms with E-state index in [9.17, 15) is 44.1 Å². The van der Waals surface area contributed by atoms with Gasteiger partial charge >= 0.3 is 12.1 Å². The number of anilines is 2. The predicted molar refractivity (Wildman–Crippen MR) is 379 cm³/mol. The van der Waals surface area contributed by atoms with Crippen molar-refractivity contribution in [2.24, 2.45) is 35.5 Å². The number of Topliss-reactive ketones (excluding diaryl/α,β-unsaturated/α-hetero) is 2. The van der Waals surface area contributed by atoms with E-state index in [1.165, 1.54) is 12.0 Å². The van der Waals surface area contributed by atoms with E-state index in [4.69, 9.17) is 33.2 Å². The van der Waals surface area contributed by atoms with Crippen molar-refractivity contribution in [2.75, 3.05) is 110 Å². The highest BCUT2D eigenvalue weighted by molar-refractivity contribution is 6.39. The van der Waals surface area contributed by atoms with Gasteiger partial charge in [-0.25, -0.2) is 29.5 Å². The summed E-state index contributed by atoms with van der Waals surface area (Å²) in [4.78, 5) is 112. The smallest absolute Gasteiger partial charge is 0.407 e. The van der Waals surface area contributed by atoms with Crippen LogP contribution in [0.15, 0.2) is 72.4 Å². The highest BCUT2D eigenvalue weighted by Crippen LogP contribution is 2.39. The van der Waals surface area contributed by atoms with Crippen LogP contribution >= 0.6 is 0 Å². The molecule has 4 N–H and O–H groups in total. The minimum absolute atomic E-state index is 0.0275. The normalized spacial score (nSPS) is 32.0. The Morgan fingerprint density at radius 2 is 1.39 bits per heavy atom. The van der Waals surface area contributed by atoms with Crippen LogP contribution in [0.4, 0.5) is 16.7 Å². The van der Waals surface area contributed by atoms with Gasteiger partial charge in [0.15, 0.2) is 5.78 Å². The van der Waals surface area contributed by atoms with Crippen LogP contribution in [-0.2, 0) is 63.7 Å². The van der Waals surface area contributed by atoms with Crippen LogP contribution in [-0.4, -0.2) is 246 Å². The Morgan fingerprint density at radius 1 is 0.713 bits per heavy atom. The number of alkyl carbamates (subject to hydrolysis) is 1. The highest BCUT2D eigenvalue weighted by Gasteiger charge is 2.53. The lowest BCUT2D eigenvalue weighted by Crippen LogP contribution is -2.61. The molecule has 6 aliphatic rings. The molecule has 0 spiro atoms. The van der Waals surface area contributed by atoms with Crippen molar-refractivity contribution in [1.29, 1.82) is 0 Å². The number of amides is 3. The van der Waals surface area contributed by atoms with Crippen molar-refractivity contribution in [2.45, 2.75) is 206 Å². The number of methoxy groups -OCH3 is 3. The molecule has 5 aliphatic heterocycles. The van der Waals surface area contributed by atoms with Crippen LogP contribution in [0.3, 0.4) is 0 Å². The van der Waals surface area contributed by atoms with Gasteiger partial charge in [-0.1, -0.05) is 71.1 Å². The number of esters is 1. The van der Waals surface area contributed by atoms with Gasteiger partial charge in [-0.05, 0) is 119 Å². The summed E-state index contributed by atoms with van der Waals surface area (Å²) < 4.78 is 42.7. The number of hydrogen-bond donors (Lipinski definition) is 4. The van der Waals surface area contributed by atoms with Crippen molar-refractivity contribution in [3.05, 3.63) is 83.5 Å². The lowest BCUT2D eigenvalue weighted by molar-refractivity contribution is -0.265. The SMILES string of the molecule is CO[C@H]1C[C@@H]2CC[C@@H](C)[C@@](O)(O2)C(=O)C(=O)N2CCCC[C@H]2C(=O)O[C@H]([C@H](C)C[C@@H]2CC[C@@H](OC(=O)NCc3cnc(N4CCN(C(=O)CCOCCN5CCN(c6ncc(C)cn6)CC5)CC4)nc3)[C@H](OC)C2)C[C@@H](OC)[C@H](C)/C=C(\C)[C@@H](O)[C@@H](O)C(=O)[C@H](C)C[C@H](C)/C=C/C=CC=C1C. The van der Waals surface area contributed by atoms with Gasteiger partial charge in [0, 0.05) is 154 Å². The number of fused-ring (bicyclic) bond motifs is 3. The zero-order chi connectivity index (χ0) is 72.9. The monoisotopic (exact) mass is 1410 g/mol. The molecule has 2 bridgehead atoms. The van der Waals surface area contributed by atoms with Crippen LogP contribution in [0.5, 0.6) is 0 Å². The Morgan fingerprint density at radius 3 is 2.06 bits per heavy atom. The number of ether oxygens (including phenoxy) is 7. The topological polar surface area (TPSA) is 308 Å². The first-order chi connectivity index (χ1) is 48.4. The summed E-state index contributed by atoms with van der Waals surface area (Å²) in [5.74, 6) is -6.55. The van der Waals surface area contributed by atoms with Crippen molar-refractivity contribution < 1.29 is 77.2 Å². The van der Waals surface area contributed by atoms with Crippen molar-refractivity contribution in [1.82, 2.24) is 40.0 Å². The second kappa shape index (κ2) is 38.8. The average molecular weight is 1410 g/mol. The minimum atomic E-state index is -2.46. The maximum Gasteiger partial charge on any atom is 0.407 e. The molecular weight excluding hydrogens is 1300 g/mol. The fourth-order valence-electron chi connectivity index (χ4n) is 14.9. The highest BCUT2D eigenvalue weighted by atomic mass is 16.6. The van der Waals surface area contributed by atoms with Gasteiger partial charge in [0.05, 0.1) is 44.1 Å². The molecule has 26 nitrogen and oxygen atoms in total. The van der Waals surface area contributed by atoms with Gasteiger partial charge in [0.1, 0.15) is 30.5 Å². The zero-order valence-corrected chi connectivity index (χ0v) is 61.5. The molecule has 1 saturated carbocycles. The number of rotatable bonds is 17. The van der Waals surface area contributed by atoms with Crippen LogP contribution in [0.2, 0.25) is 0 Å². The molecule has 560 valence electrons. The van der Waals surface area contributed by atoms with Gasteiger partial charge in [-0.2, -0.15) is 0 Å². The number of carbonyl (C=O) groups is 6. The number of allylic oxidation sites excluding steroid dienone is 5. The van der Waals surface area contributed by atoms with Gasteiger partial charge in [-0.15, -0.1) is 0 Å². The third-order valence-corrected chi connectivity index (χ3v) is 21.4. The molecule has 4 saturated heterocycles. The number of carbonyl (C=O) groups excluding carboxylic acids is 6. The van der Waals surface area contributed by atoms with Crippen LogP contribution in [0.1, 0.15) is 143 Å². The van der Waals surface area contributed by atoms with E-state index >= 15 is 0 Å². The van der Waals surface area contributed by atoms with E-state index in [-0.39, 0.29) is 49.6 Å². The Kier molecular flexibility index (Phi) is 30.7. The third-order valence-electron chi connectivity index (χ3n) is 21.4. The van der Waals surface area contributed by atoms with Gasteiger partial charge < -0.3 is 73.4 Å². The maximum atomic E-state index is 14.9. The lowest BCUT2D eigenvalue weighted by atomic mass is 9.78. The fourth-order valence-corrected chi connectivity index (χ4v) is 14.9. The predicted octanol–water partition coefficient (Wildman–Crippen LogP) is 6.67. The molecule has 0 aromatic carbocycles. The first-order valence-electron chi connectivity index (χ1n) is 36.7. The largest absolute Gasteiger partial charge is 0.460 e. The molecule has 0 radical (unpaired) electrons. The summed E-state index contributed by atoms with van der Waals surface area (Å²) in [5, 5.41) is 37.8. The summed E-state index contributed by atoms with van der Waals surface area (Å²) in [6, 6.07) is -1.15. The fraction of sp³-hybridized carbons (Fsp3) is 0.707. The molecule has 8 rings (SSSR count). The number of aliphatic hydroxyl groups excluding tert-OH is 2. The number of aromatic nitrogens is 4. The quantitative estimate of drug-likeness (QED) is 0.0556. The molecule has 101 heavy (non-hydrogen) atoms. The average Bonchev–Trinajstić information content (AvgIpc) is 0.773.